The van der Waals surface area contributed by atoms with Crippen molar-refractivity contribution in [3.63, 3.8) is 0 Å². The molecule has 37 heavy (non-hydrogen) atoms. The van der Waals surface area contributed by atoms with E-state index >= 15 is 0 Å². The number of fused-ring (bicyclic) bond motifs is 1. The summed E-state index contributed by atoms with van der Waals surface area (Å²) in [5.74, 6) is 0.287. The molecule has 0 spiro atoms. The van der Waals surface area contributed by atoms with Gasteiger partial charge in [-0.25, -0.2) is 14.3 Å². The molecule has 200 valence electrons. The van der Waals surface area contributed by atoms with Crippen LogP contribution in [0.5, 0.6) is 0 Å². The molecule has 0 saturated carbocycles. The fourth-order valence-corrected chi connectivity index (χ4v) is 5.18. The normalized spacial score (nSPS) is 14.9. The number of esters is 1. The quantitative estimate of drug-likeness (QED) is 0.315. The standard InChI is InChI=1S/C28H40N4O4Si/c1-19-10-9-11-21(20(19)2)16-24-23(18-36-37(7,8)28(3,4)5)29-26-22(27(33)34-6)17-25(30-32(24)26)31-12-14-35-15-13-31/h9-11,17H,12-16,18H2,1-8H3. The molecular weight excluding hydrogens is 484 g/mol. The number of anilines is 1. The van der Waals surface area contributed by atoms with Gasteiger partial charge in [0.15, 0.2) is 19.8 Å². The Bertz CT molecular complexity index is 1290. The van der Waals surface area contributed by atoms with E-state index in [0.29, 0.717) is 56.4 Å². The SMILES string of the molecule is COC(=O)c1cc(N2CCOCC2)nn2c(Cc3cccc(C)c3C)c(CO[Si](C)(C)C(C)(C)C)nc12. The summed E-state index contributed by atoms with van der Waals surface area (Å²) in [7, 11) is -0.637. The molecule has 0 amide bonds. The van der Waals surface area contributed by atoms with Gasteiger partial charge in [0, 0.05) is 25.6 Å². The lowest BCUT2D eigenvalue weighted by Gasteiger charge is -2.36. The number of methoxy groups -OCH3 is 1. The highest BCUT2D eigenvalue weighted by Gasteiger charge is 2.37. The maximum absolute atomic E-state index is 12.9. The van der Waals surface area contributed by atoms with Gasteiger partial charge in [0.05, 0.1) is 38.3 Å². The van der Waals surface area contributed by atoms with Crippen LogP contribution in [0.15, 0.2) is 24.3 Å². The summed E-state index contributed by atoms with van der Waals surface area (Å²) in [6, 6.07) is 8.14. The van der Waals surface area contributed by atoms with Crippen molar-refractivity contribution >= 4 is 25.8 Å². The highest BCUT2D eigenvalue weighted by atomic mass is 28.4. The molecule has 1 aromatic carbocycles. The Labute approximate surface area is 221 Å². The first kappa shape index (κ1) is 27.3. The van der Waals surface area contributed by atoms with Gasteiger partial charge in [-0.2, -0.15) is 0 Å². The van der Waals surface area contributed by atoms with Crippen LogP contribution in [0.2, 0.25) is 18.1 Å². The van der Waals surface area contributed by atoms with E-state index in [1.54, 1.807) is 6.07 Å². The van der Waals surface area contributed by atoms with E-state index in [-0.39, 0.29) is 5.04 Å². The lowest BCUT2D eigenvalue weighted by molar-refractivity contribution is 0.0602. The van der Waals surface area contributed by atoms with Gasteiger partial charge in [0.2, 0.25) is 0 Å². The van der Waals surface area contributed by atoms with Crippen LogP contribution >= 0.6 is 0 Å². The van der Waals surface area contributed by atoms with Crippen LogP contribution in [-0.4, -0.2) is 62.3 Å². The summed E-state index contributed by atoms with van der Waals surface area (Å²) >= 11 is 0. The first-order valence-electron chi connectivity index (χ1n) is 12.9. The molecule has 4 rings (SSSR count). The summed E-state index contributed by atoms with van der Waals surface area (Å²) < 4.78 is 19.1. The van der Waals surface area contributed by atoms with Crippen LogP contribution in [-0.2, 0) is 26.9 Å². The molecule has 0 bridgehead atoms. The third kappa shape index (κ3) is 5.58. The van der Waals surface area contributed by atoms with Crippen molar-refractivity contribution in [1.82, 2.24) is 14.6 Å². The molecule has 1 aliphatic rings. The second-order valence-electron chi connectivity index (χ2n) is 11.3. The van der Waals surface area contributed by atoms with Crippen molar-refractivity contribution in [2.24, 2.45) is 0 Å². The van der Waals surface area contributed by atoms with Crippen molar-refractivity contribution in [3.8, 4) is 0 Å². The van der Waals surface area contributed by atoms with Gasteiger partial charge >= 0.3 is 5.97 Å². The van der Waals surface area contributed by atoms with Gasteiger partial charge in [-0.15, -0.1) is 5.10 Å². The topological polar surface area (TPSA) is 78.2 Å². The number of carbonyl (C=O) groups is 1. The molecule has 2 aromatic heterocycles. The van der Waals surface area contributed by atoms with E-state index in [2.05, 4.69) is 70.8 Å². The van der Waals surface area contributed by atoms with E-state index < -0.39 is 14.3 Å². The summed E-state index contributed by atoms with van der Waals surface area (Å²) in [6.45, 7) is 18.5. The average molecular weight is 525 g/mol. The summed E-state index contributed by atoms with van der Waals surface area (Å²) in [6.07, 6.45) is 0.630. The molecule has 0 N–H and O–H groups in total. The molecule has 8 nitrogen and oxygen atoms in total. The Kier molecular flexibility index (Phi) is 7.78. The number of rotatable bonds is 7. The minimum absolute atomic E-state index is 0.0678. The molecule has 0 atom stereocenters. The number of carbonyl (C=O) groups excluding carboxylic acids is 1. The van der Waals surface area contributed by atoms with E-state index in [1.165, 1.54) is 23.8 Å². The number of ether oxygens (including phenoxy) is 2. The number of morpholine rings is 1. The molecule has 0 unspecified atom stereocenters. The lowest BCUT2D eigenvalue weighted by atomic mass is 9.99. The summed E-state index contributed by atoms with van der Waals surface area (Å²) in [4.78, 5) is 20.0. The van der Waals surface area contributed by atoms with Crippen molar-refractivity contribution in [2.75, 3.05) is 38.3 Å². The minimum atomic E-state index is -2.03. The zero-order valence-corrected chi connectivity index (χ0v) is 24.5. The predicted molar refractivity (Wildman–Crippen MR) is 148 cm³/mol. The van der Waals surface area contributed by atoms with Gasteiger partial charge in [-0.1, -0.05) is 39.0 Å². The van der Waals surface area contributed by atoms with Crippen molar-refractivity contribution < 1.29 is 18.7 Å². The van der Waals surface area contributed by atoms with E-state index in [1.807, 2.05) is 4.52 Å². The number of aromatic nitrogens is 3. The first-order chi connectivity index (χ1) is 17.4. The number of hydrogen-bond acceptors (Lipinski definition) is 7. The predicted octanol–water partition coefficient (Wildman–Crippen LogP) is 5.08. The number of aryl methyl sites for hydroxylation is 1. The van der Waals surface area contributed by atoms with Crippen LogP contribution in [0.1, 0.15) is 59.2 Å². The molecule has 1 fully saturated rings. The molecular formula is C28H40N4O4Si. The van der Waals surface area contributed by atoms with Crippen LogP contribution < -0.4 is 4.90 Å². The van der Waals surface area contributed by atoms with Crippen LogP contribution in [0.4, 0.5) is 5.82 Å². The first-order valence-corrected chi connectivity index (χ1v) is 15.9. The Morgan fingerprint density at radius 3 is 2.51 bits per heavy atom. The number of benzene rings is 1. The lowest BCUT2D eigenvalue weighted by Crippen LogP contribution is -2.40. The molecule has 9 heteroatoms. The summed E-state index contributed by atoms with van der Waals surface area (Å²) in [5, 5.41) is 5.08. The van der Waals surface area contributed by atoms with Crippen molar-refractivity contribution in [2.45, 2.75) is 65.8 Å². The van der Waals surface area contributed by atoms with Crippen LogP contribution in [0, 0.1) is 13.8 Å². The zero-order valence-electron chi connectivity index (χ0n) is 23.5. The number of imidazole rings is 1. The number of nitrogens with zero attached hydrogens (tertiary/aromatic N) is 4. The fourth-order valence-electron chi connectivity index (χ4n) is 4.25. The maximum atomic E-state index is 12.9. The molecule has 1 aliphatic heterocycles. The van der Waals surface area contributed by atoms with Gasteiger partial charge in [0.1, 0.15) is 5.56 Å². The van der Waals surface area contributed by atoms with E-state index in [4.69, 9.17) is 24.0 Å². The second-order valence-corrected chi connectivity index (χ2v) is 16.1. The Balaban J connectivity index is 1.89. The van der Waals surface area contributed by atoms with Gasteiger partial charge in [-0.05, 0) is 48.7 Å². The fraction of sp³-hybridized carbons (Fsp3) is 0.536. The van der Waals surface area contributed by atoms with E-state index in [0.717, 1.165) is 11.4 Å². The monoisotopic (exact) mass is 524 g/mol. The highest BCUT2D eigenvalue weighted by molar-refractivity contribution is 6.74. The van der Waals surface area contributed by atoms with Crippen molar-refractivity contribution in [1.29, 1.82) is 0 Å². The second kappa shape index (κ2) is 10.5. The zero-order chi connectivity index (χ0) is 27.0. The largest absolute Gasteiger partial charge is 0.465 e. The van der Waals surface area contributed by atoms with Gasteiger partial charge in [-0.3, -0.25) is 0 Å². The highest BCUT2D eigenvalue weighted by Crippen LogP contribution is 2.37. The van der Waals surface area contributed by atoms with Crippen molar-refractivity contribution in [3.05, 3.63) is 57.9 Å². The number of hydrogen-bond donors (Lipinski definition) is 0. The molecule has 0 aliphatic carbocycles. The smallest absolute Gasteiger partial charge is 0.341 e. The Morgan fingerprint density at radius 1 is 1.16 bits per heavy atom. The minimum Gasteiger partial charge on any atom is -0.465 e. The maximum Gasteiger partial charge on any atom is 0.341 e. The van der Waals surface area contributed by atoms with Gasteiger partial charge < -0.3 is 18.8 Å². The van der Waals surface area contributed by atoms with Crippen LogP contribution in [0.25, 0.3) is 5.65 Å². The van der Waals surface area contributed by atoms with Gasteiger partial charge in [0.25, 0.3) is 0 Å². The Morgan fingerprint density at radius 2 is 1.86 bits per heavy atom. The molecule has 3 aromatic rings. The molecule has 0 radical (unpaired) electrons. The Hall–Kier alpha value is -2.75. The molecule has 1 saturated heterocycles. The molecule has 3 heterocycles. The average Bonchev–Trinajstić information content (AvgIpc) is 3.21. The van der Waals surface area contributed by atoms with Crippen LogP contribution in [0.3, 0.4) is 0 Å². The summed E-state index contributed by atoms with van der Waals surface area (Å²) in [5.41, 5.74) is 6.32. The van der Waals surface area contributed by atoms with E-state index in [9.17, 15) is 4.79 Å². The third-order valence-corrected chi connectivity index (χ3v) is 12.4. The third-order valence-electron chi connectivity index (χ3n) is 7.94.